The summed E-state index contributed by atoms with van der Waals surface area (Å²) in [5.41, 5.74) is 2.18. The van der Waals surface area contributed by atoms with Crippen molar-refractivity contribution in [3.05, 3.63) is 17.6 Å². The van der Waals surface area contributed by atoms with Crippen molar-refractivity contribution >= 4 is 11.7 Å². The number of carbonyl (C=O) groups is 1. The van der Waals surface area contributed by atoms with Gasteiger partial charge in [0.2, 0.25) is 5.91 Å². The predicted octanol–water partition coefficient (Wildman–Crippen LogP) is 2.10. The molecule has 7 rings (SSSR count). The molecule has 2 unspecified atom stereocenters. The van der Waals surface area contributed by atoms with E-state index in [4.69, 9.17) is 0 Å². The highest BCUT2D eigenvalue weighted by Crippen LogP contribution is 2.61. The molecule has 7 heteroatoms. The summed E-state index contributed by atoms with van der Waals surface area (Å²) in [5.74, 6) is 3.56. The number of aliphatic hydroxyl groups is 1. The van der Waals surface area contributed by atoms with Crippen molar-refractivity contribution in [1.29, 1.82) is 0 Å². The SMILES string of the molecule is O=C(C1CCCN1)N1CCc2c(ncnc2NCC(O)C23CC4CC(CC(C4)C2)C3)C1. The van der Waals surface area contributed by atoms with Crippen molar-refractivity contribution in [3.63, 3.8) is 0 Å². The Morgan fingerprint density at radius 2 is 1.97 bits per heavy atom. The molecule has 2 aliphatic heterocycles. The molecule has 0 spiro atoms. The van der Waals surface area contributed by atoms with Gasteiger partial charge in [-0.1, -0.05) is 0 Å². The minimum Gasteiger partial charge on any atom is -0.391 e. The molecule has 1 amide bonds. The minimum atomic E-state index is -0.318. The van der Waals surface area contributed by atoms with Gasteiger partial charge in [-0.2, -0.15) is 0 Å². The van der Waals surface area contributed by atoms with Gasteiger partial charge in [0.15, 0.2) is 0 Å². The number of nitrogens with zero attached hydrogens (tertiary/aromatic N) is 3. The Kier molecular flexibility index (Phi) is 4.94. The van der Waals surface area contributed by atoms with E-state index in [1.807, 2.05) is 4.90 Å². The summed E-state index contributed by atoms with van der Waals surface area (Å²) in [6.07, 6.45) is 11.8. The number of rotatable bonds is 5. The zero-order chi connectivity index (χ0) is 21.0. The molecule has 3 N–H and O–H groups in total. The van der Waals surface area contributed by atoms with E-state index in [9.17, 15) is 9.90 Å². The first-order chi connectivity index (χ1) is 15.1. The summed E-state index contributed by atoms with van der Waals surface area (Å²) in [5, 5.41) is 18.0. The number of aromatic nitrogens is 2. The van der Waals surface area contributed by atoms with E-state index in [-0.39, 0.29) is 23.5 Å². The van der Waals surface area contributed by atoms with Gasteiger partial charge in [0, 0.05) is 18.7 Å². The van der Waals surface area contributed by atoms with Crippen LogP contribution in [-0.4, -0.2) is 57.7 Å². The molecule has 5 fully saturated rings. The standard InChI is InChI=1S/C24H35N5O2/c30-21(24-9-15-6-16(10-24)8-17(7-15)11-24)12-26-22-18-3-5-29(13-20(18)27-14-28-22)23(31)19-2-1-4-25-19/h14-17,19,21,25,30H,1-13H2,(H,26,27,28). The van der Waals surface area contributed by atoms with Gasteiger partial charge in [0.25, 0.3) is 0 Å². The maximum Gasteiger partial charge on any atom is 0.240 e. The molecule has 31 heavy (non-hydrogen) atoms. The van der Waals surface area contributed by atoms with Crippen LogP contribution in [0.5, 0.6) is 0 Å². The van der Waals surface area contributed by atoms with Crippen LogP contribution in [0.3, 0.4) is 0 Å². The number of aliphatic hydroxyl groups excluding tert-OH is 1. The van der Waals surface area contributed by atoms with Crippen molar-refractivity contribution in [2.24, 2.45) is 23.2 Å². The fraction of sp³-hybridized carbons (Fsp3) is 0.792. The highest BCUT2D eigenvalue weighted by molar-refractivity contribution is 5.82. The molecule has 4 saturated carbocycles. The lowest BCUT2D eigenvalue weighted by Crippen LogP contribution is -2.53. The Morgan fingerprint density at radius 1 is 1.23 bits per heavy atom. The predicted molar refractivity (Wildman–Crippen MR) is 117 cm³/mol. The maximum absolute atomic E-state index is 12.8. The number of anilines is 1. The van der Waals surface area contributed by atoms with Gasteiger partial charge in [-0.15, -0.1) is 0 Å². The molecule has 4 aliphatic carbocycles. The molecular weight excluding hydrogens is 390 g/mol. The van der Waals surface area contributed by atoms with Crippen LogP contribution in [-0.2, 0) is 17.8 Å². The van der Waals surface area contributed by atoms with E-state index < -0.39 is 0 Å². The molecule has 0 aromatic carbocycles. The van der Waals surface area contributed by atoms with Crippen LogP contribution in [0.25, 0.3) is 0 Å². The van der Waals surface area contributed by atoms with Gasteiger partial charge in [0.1, 0.15) is 12.1 Å². The summed E-state index contributed by atoms with van der Waals surface area (Å²) in [4.78, 5) is 23.7. The Bertz CT molecular complexity index is 817. The largest absolute Gasteiger partial charge is 0.391 e. The lowest BCUT2D eigenvalue weighted by atomic mass is 9.48. The van der Waals surface area contributed by atoms with Crippen molar-refractivity contribution in [2.75, 3.05) is 25.0 Å². The van der Waals surface area contributed by atoms with Crippen LogP contribution in [0.15, 0.2) is 6.33 Å². The Balaban J connectivity index is 1.12. The molecule has 1 aromatic rings. The second kappa shape index (κ2) is 7.69. The molecule has 2 atom stereocenters. The average Bonchev–Trinajstić information content (AvgIpc) is 3.30. The summed E-state index contributed by atoms with van der Waals surface area (Å²) in [6, 6.07) is -0.0311. The molecule has 6 aliphatic rings. The van der Waals surface area contributed by atoms with Crippen LogP contribution < -0.4 is 10.6 Å². The van der Waals surface area contributed by atoms with Crippen molar-refractivity contribution in [2.45, 2.75) is 76.5 Å². The smallest absolute Gasteiger partial charge is 0.240 e. The summed E-state index contributed by atoms with van der Waals surface area (Å²) < 4.78 is 0. The fourth-order valence-corrected chi connectivity index (χ4v) is 7.81. The zero-order valence-corrected chi connectivity index (χ0v) is 18.4. The van der Waals surface area contributed by atoms with Gasteiger partial charge in [-0.3, -0.25) is 4.79 Å². The first-order valence-electron chi connectivity index (χ1n) is 12.4. The molecule has 4 bridgehead atoms. The minimum absolute atomic E-state index is 0.0311. The van der Waals surface area contributed by atoms with Crippen LogP contribution in [0.4, 0.5) is 5.82 Å². The lowest BCUT2D eigenvalue weighted by Gasteiger charge is -2.58. The fourth-order valence-electron chi connectivity index (χ4n) is 7.81. The van der Waals surface area contributed by atoms with E-state index in [1.54, 1.807) is 6.33 Å². The monoisotopic (exact) mass is 425 g/mol. The third-order valence-electron chi connectivity index (χ3n) is 8.93. The van der Waals surface area contributed by atoms with E-state index in [1.165, 1.54) is 38.5 Å². The molecule has 7 nitrogen and oxygen atoms in total. The van der Waals surface area contributed by atoms with Gasteiger partial charge in [-0.25, -0.2) is 9.97 Å². The second-order valence-electron chi connectivity index (χ2n) is 11.0. The molecular formula is C24H35N5O2. The number of fused-ring (bicyclic) bond motifs is 1. The molecule has 3 heterocycles. The zero-order valence-electron chi connectivity index (χ0n) is 18.4. The van der Waals surface area contributed by atoms with Crippen molar-refractivity contribution in [1.82, 2.24) is 20.2 Å². The Hall–Kier alpha value is -1.73. The van der Waals surface area contributed by atoms with E-state index in [0.717, 1.165) is 60.6 Å². The van der Waals surface area contributed by atoms with Gasteiger partial charge in [0.05, 0.1) is 24.4 Å². The van der Waals surface area contributed by atoms with E-state index >= 15 is 0 Å². The van der Waals surface area contributed by atoms with Gasteiger partial charge < -0.3 is 20.6 Å². The molecule has 1 saturated heterocycles. The normalized spacial score (nSPS) is 37.0. The third-order valence-corrected chi connectivity index (χ3v) is 8.93. The number of amides is 1. The van der Waals surface area contributed by atoms with Crippen LogP contribution in [0, 0.1) is 23.2 Å². The first-order valence-corrected chi connectivity index (χ1v) is 12.4. The third kappa shape index (κ3) is 3.54. The number of hydrogen-bond acceptors (Lipinski definition) is 6. The topological polar surface area (TPSA) is 90.4 Å². The number of hydrogen-bond donors (Lipinski definition) is 3. The van der Waals surface area contributed by atoms with Gasteiger partial charge in [-0.05, 0) is 87.5 Å². The van der Waals surface area contributed by atoms with Crippen molar-refractivity contribution in [3.8, 4) is 0 Å². The highest BCUT2D eigenvalue weighted by Gasteiger charge is 2.53. The second-order valence-corrected chi connectivity index (χ2v) is 11.0. The quantitative estimate of drug-likeness (QED) is 0.669. The maximum atomic E-state index is 12.8. The first kappa shape index (κ1) is 19.9. The lowest BCUT2D eigenvalue weighted by molar-refractivity contribution is -0.134. The number of nitrogens with one attached hydrogen (secondary N) is 2. The molecule has 168 valence electrons. The Labute approximate surface area is 184 Å². The Morgan fingerprint density at radius 3 is 2.65 bits per heavy atom. The van der Waals surface area contributed by atoms with Gasteiger partial charge >= 0.3 is 0 Å². The van der Waals surface area contributed by atoms with Crippen LogP contribution >= 0.6 is 0 Å². The summed E-state index contributed by atoms with van der Waals surface area (Å²) in [7, 11) is 0. The molecule has 1 aromatic heterocycles. The van der Waals surface area contributed by atoms with Crippen LogP contribution in [0.1, 0.15) is 62.6 Å². The highest BCUT2D eigenvalue weighted by atomic mass is 16.3. The molecule has 0 radical (unpaired) electrons. The number of carbonyl (C=O) groups excluding carboxylic acids is 1. The average molecular weight is 426 g/mol. The van der Waals surface area contributed by atoms with E-state index in [2.05, 4.69) is 20.6 Å². The van der Waals surface area contributed by atoms with Crippen molar-refractivity contribution < 1.29 is 9.90 Å². The van der Waals surface area contributed by atoms with E-state index in [0.29, 0.717) is 19.6 Å². The summed E-state index contributed by atoms with van der Waals surface area (Å²) in [6.45, 7) is 2.76. The summed E-state index contributed by atoms with van der Waals surface area (Å²) >= 11 is 0. The van der Waals surface area contributed by atoms with Crippen LogP contribution in [0.2, 0.25) is 0 Å².